The number of benzene rings is 3. The predicted molar refractivity (Wildman–Crippen MR) is 106 cm³/mol. The van der Waals surface area contributed by atoms with Crippen molar-refractivity contribution in [3.05, 3.63) is 95.6 Å². The molecule has 0 aliphatic heterocycles. The van der Waals surface area contributed by atoms with E-state index >= 15 is 0 Å². The van der Waals surface area contributed by atoms with Gasteiger partial charge in [-0.1, -0.05) is 66.2 Å². The first-order chi connectivity index (χ1) is 12.1. The smallest absolute Gasteiger partial charge is 0.242 e. The van der Waals surface area contributed by atoms with Crippen molar-refractivity contribution in [2.24, 2.45) is 0 Å². The van der Waals surface area contributed by atoms with E-state index in [4.69, 9.17) is 0 Å². The number of aryl methyl sites for hydroxylation is 2. The van der Waals surface area contributed by atoms with Crippen LogP contribution < -0.4 is 5.32 Å². The number of amides is 1. The largest absolute Gasteiger partial charge is 0.325 e. The Labute approximate surface area is 153 Å². The van der Waals surface area contributed by atoms with Gasteiger partial charge in [-0.05, 0) is 43.2 Å². The lowest BCUT2D eigenvalue weighted by Crippen LogP contribution is -2.19. The van der Waals surface area contributed by atoms with Gasteiger partial charge in [-0.3, -0.25) is 4.79 Å². The van der Waals surface area contributed by atoms with Crippen molar-refractivity contribution in [1.82, 2.24) is 0 Å². The van der Waals surface area contributed by atoms with Crippen LogP contribution in [0.1, 0.15) is 21.9 Å². The molecule has 0 aromatic heterocycles. The van der Waals surface area contributed by atoms with Crippen molar-refractivity contribution < 1.29 is 4.79 Å². The third-order valence-electron chi connectivity index (χ3n) is 3.98. The van der Waals surface area contributed by atoms with Gasteiger partial charge in [0.15, 0.2) is 0 Å². The minimum atomic E-state index is -0.302. The summed E-state index contributed by atoms with van der Waals surface area (Å²) in [7, 11) is 0. The van der Waals surface area contributed by atoms with Crippen molar-refractivity contribution in [2.75, 3.05) is 5.32 Å². The minimum absolute atomic E-state index is 0.00740. The number of carbonyl (C=O) groups excluding carboxylic acids is 1. The standard InChI is InChI=1S/C22H21NOS/c1-16-13-14-20(17(2)15-16)23-22(24)21(18-9-5-3-6-10-18)25-19-11-7-4-8-12-19/h3-15,21H,1-2H3,(H,23,24). The zero-order valence-electron chi connectivity index (χ0n) is 14.4. The molecule has 0 aliphatic rings. The summed E-state index contributed by atoms with van der Waals surface area (Å²) in [6, 6.07) is 26.0. The van der Waals surface area contributed by atoms with Gasteiger partial charge in [-0.2, -0.15) is 0 Å². The summed E-state index contributed by atoms with van der Waals surface area (Å²) < 4.78 is 0. The fourth-order valence-corrected chi connectivity index (χ4v) is 3.73. The molecule has 0 heterocycles. The number of anilines is 1. The summed E-state index contributed by atoms with van der Waals surface area (Å²) in [5.74, 6) is -0.00740. The summed E-state index contributed by atoms with van der Waals surface area (Å²) >= 11 is 1.57. The third kappa shape index (κ3) is 4.52. The molecule has 0 saturated heterocycles. The lowest BCUT2D eigenvalue weighted by atomic mass is 10.1. The first-order valence-corrected chi connectivity index (χ1v) is 9.16. The van der Waals surface area contributed by atoms with Gasteiger partial charge in [0.05, 0.1) is 0 Å². The van der Waals surface area contributed by atoms with Crippen LogP contribution in [0.5, 0.6) is 0 Å². The van der Waals surface area contributed by atoms with Gasteiger partial charge in [0.2, 0.25) is 5.91 Å². The second-order valence-corrected chi connectivity index (χ2v) is 7.21. The lowest BCUT2D eigenvalue weighted by Gasteiger charge is -2.18. The van der Waals surface area contributed by atoms with E-state index in [9.17, 15) is 4.79 Å². The van der Waals surface area contributed by atoms with E-state index in [1.165, 1.54) is 5.56 Å². The highest BCUT2D eigenvalue weighted by Crippen LogP contribution is 2.36. The van der Waals surface area contributed by atoms with Crippen LogP contribution in [0.25, 0.3) is 0 Å². The van der Waals surface area contributed by atoms with Crippen molar-refractivity contribution in [1.29, 1.82) is 0 Å². The van der Waals surface area contributed by atoms with Crippen LogP contribution in [0.2, 0.25) is 0 Å². The van der Waals surface area contributed by atoms with Crippen LogP contribution in [0.4, 0.5) is 5.69 Å². The molecule has 25 heavy (non-hydrogen) atoms. The fraction of sp³-hybridized carbons (Fsp3) is 0.136. The SMILES string of the molecule is Cc1ccc(NC(=O)C(Sc2ccccc2)c2ccccc2)c(C)c1. The Balaban J connectivity index is 1.87. The van der Waals surface area contributed by atoms with E-state index in [1.807, 2.05) is 79.7 Å². The van der Waals surface area contributed by atoms with Gasteiger partial charge in [-0.15, -0.1) is 11.8 Å². The summed E-state index contributed by atoms with van der Waals surface area (Å²) in [6.07, 6.45) is 0. The molecule has 2 nitrogen and oxygen atoms in total. The Kier molecular flexibility index (Phi) is 5.56. The Morgan fingerprint density at radius 2 is 1.52 bits per heavy atom. The number of nitrogens with one attached hydrogen (secondary N) is 1. The van der Waals surface area contributed by atoms with Gasteiger partial charge < -0.3 is 5.32 Å². The summed E-state index contributed by atoms with van der Waals surface area (Å²) in [5, 5.41) is 2.79. The molecule has 0 fully saturated rings. The number of thioether (sulfide) groups is 1. The second-order valence-electron chi connectivity index (χ2n) is 6.03. The van der Waals surface area contributed by atoms with Gasteiger partial charge in [-0.25, -0.2) is 0 Å². The summed E-state index contributed by atoms with van der Waals surface area (Å²) in [4.78, 5) is 14.1. The average molecular weight is 347 g/mol. The van der Waals surface area contributed by atoms with E-state index in [2.05, 4.69) is 18.3 Å². The highest BCUT2D eigenvalue weighted by Gasteiger charge is 2.22. The number of hydrogen-bond donors (Lipinski definition) is 1. The summed E-state index contributed by atoms with van der Waals surface area (Å²) in [6.45, 7) is 4.07. The summed E-state index contributed by atoms with van der Waals surface area (Å²) in [5.41, 5.74) is 4.13. The number of rotatable bonds is 5. The maximum absolute atomic E-state index is 13.0. The van der Waals surface area contributed by atoms with Crippen molar-refractivity contribution >= 4 is 23.4 Å². The monoisotopic (exact) mass is 347 g/mol. The molecule has 1 atom stereocenters. The molecule has 3 rings (SSSR count). The molecular weight excluding hydrogens is 326 g/mol. The Morgan fingerprint density at radius 3 is 2.16 bits per heavy atom. The molecule has 0 aliphatic carbocycles. The Hall–Kier alpha value is -2.52. The molecule has 3 aromatic rings. The van der Waals surface area contributed by atoms with Crippen LogP contribution in [-0.4, -0.2) is 5.91 Å². The van der Waals surface area contributed by atoms with Crippen LogP contribution >= 0.6 is 11.8 Å². The maximum Gasteiger partial charge on any atom is 0.242 e. The first kappa shape index (κ1) is 17.3. The Bertz CT molecular complexity index is 846. The molecule has 0 bridgehead atoms. The molecule has 0 radical (unpaired) electrons. The quantitative estimate of drug-likeness (QED) is 0.593. The minimum Gasteiger partial charge on any atom is -0.325 e. The van der Waals surface area contributed by atoms with Gasteiger partial charge in [0.1, 0.15) is 5.25 Å². The first-order valence-electron chi connectivity index (χ1n) is 8.28. The van der Waals surface area contributed by atoms with Crippen LogP contribution in [-0.2, 0) is 4.79 Å². The molecule has 0 saturated carbocycles. The van der Waals surface area contributed by atoms with Gasteiger partial charge >= 0.3 is 0 Å². The molecule has 0 spiro atoms. The highest BCUT2D eigenvalue weighted by atomic mass is 32.2. The number of hydrogen-bond acceptors (Lipinski definition) is 2. The predicted octanol–water partition coefficient (Wildman–Crippen LogP) is 5.78. The maximum atomic E-state index is 13.0. The van der Waals surface area contributed by atoms with E-state index in [0.717, 1.165) is 21.7 Å². The van der Waals surface area contributed by atoms with E-state index in [0.29, 0.717) is 0 Å². The molecular formula is C22H21NOS. The highest BCUT2D eigenvalue weighted by molar-refractivity contribution is 8.00. The van der Waals surface area contributed by atoms with Gasteiger partial charge in [0.25, 0.3) is 0 Å². The van der Waals surface area contributed by atoms with Crippen LogP contribution in [0.15, 0.2) is 83.8 Å². The fourth-order valence-electron chi connectivity index (χ4n) is 2.69. The molecule has 3 aromatic carbocycles. The zero-order valence-corrected chi connectivity index (χ0v) is 15.2. The topological polar surface area (TPSA) is 29.1 Å². The second kappa shape index (κ2) is 8.04. The Morgan fingerprint density at radius 1 is 0.880 bits per heavy atom. The van der Waals surface area contributed by atoms with Crippen molar-refractivity contribution in [3.63, 3.8) is 0 Å². The zero-order chi connectivity index (χ0) is 17.6. The third-order valence-corrected chi connectivity index (χ3v) is 5.24. The van der Waals surface area contributed by atoms with Crippen LogP contribution in [0.3, 0.4) is 0 Å². The van der Waals surface area contributed by atoms with E-state index in [-0.39, 0.29) is 11.2 Å². The molecule has 126 valence electrons. The average Bonchev–Trinajstić information content (AvgIpc) is 2.63. The van der Waals surface area contributed by atoms with Crippen LogP contribution in [0, 0.1) is 13.8 Å². The molecule has 3 heteroatoms. The van der Waals surface area contributed by atoms with Gasteiger partial charge in [0, 0.05) is 10.6 Å². The van der Waals surface area contributed by atoms with E-state index < -0.39 is 0 Å². The normalized spacial score (nSPS) is 11.8. The molecule has 1 unspecified atom stereocenters. The molecule has 1 N–H and O–H groups in total. The van der Waals surface area contributed by atoms with Crippen molar-refractivity contribution in [3.8, 4) is 0 Å². The lowest BCUT2D eigenvalue weighted by molar-refractivity contribution is -0.115. The molecule has 1 amide bonds. The number of carbonyl (C=O) groups is 1. The van der Waals surface area contributed by atoms with E-state index in [1.54, 1.807) is 11.8 Å². The van der Waals surface area contributed by atoms with Crippen molar-refractivity contribution in [2.45, 2.75) is 24.0 Å².